The molecule has 2 aliphatic rings. The van der Waals surface area contributed by atoms with Gasteiger partial charge in [-0.1, -0.05) is 259 Å². The molecule has 2 saturated heterocycles. The molecule has 0 spiro atoms. The van der Waals surface area contributed by atoms with E-state index >= 15 is 0 Å². The highest BCUT2D eigenvalue weighted by molar-refractivity contribution is 5.76. The lowest BCUT2D eigenvalue weighted by Gasteiger charge is -2.46. The van der Waals surface area contributed by atoms with Crippen molar-refractivity contribution in [3.05, 3.63) is 85.1 Å². The van der Waals surface area contributed by atoms with E-state index in [2.05, 4.69) is 92.1 Å². The van der Waals surface area contributed by atoms with E-state index in [-0.39, 0.29) is 18.9 Å². The first-order valence-electron chi connectivity index (χ1n) is 33.8. The molecule has 2 fully saturated rings. The van der Waals surface area contributed by atoms with Gasteiger partial charge in [0.05, 0.1) is 32.0 Å². The van der Waals surface area contributed by atoms with Crippen molar-refractivity contribution in [2.75, 3.05) is 19.8 Å². The second-order valence-electron chi connectivity index (χ2n) is 23.5. The van der Waals surface area contributed by atoms with Gasteiger partial charge < -0.3 is 65.1 Å². The van der Waals surface area contributed by atoms with Crippen LogP contribution >= 0.6 is 0 Å². The van der Waals surface area contributed by atoms with Gasteiger partial charge in [-0.05, 0) is 77.0 Å². The fraction of sp³-hybridized carbons (Fsp3) is 0.786. The van der Waals surface area contributed by atoms with Crippen LogP contribution in [0.25, 0.3) is 0 Å². The molecule has 2 rings (SSSR count). The van der Waals surface area contributed by atoms with Crippen molar-refractivity contribution in [3.63, 3.8) is 0 Å². The number of allylic oxidation sites excluding steroid dienone is 13. The van der Waals surface area contributed by atoms with Crippen molar-refractivity contribution in [3.8, 4) is 0 Å². The summed E-state index contributed by atoms with van der Waals surface area (Å²) in [6.45, 7) is 2.58. The number of hydrogen-bond donors (Lipinski definition) is 9. The predicted octanol–water partition coefficient (Wildman–Crippen LogP) is 13.2. The molecule has 0 aromatic carbocycles. The van der Waals surface area contributed by atoms with Crippen molar-refractivity contribution in [2.24, 2.45) is 0 Å². The van der Waals surface area contributed by atoms with Crippen LogP contribution in [0, 0.1) is 0 Å². The van der Waals surface area contributed by atoms with Crippen molar-refractivity contribution in [1.29, 1.82) is 0 Å². The summed E-state index contributed by atoms with van der Waals surface area (Å²) in [6.07, 6.45) is 58.3. The van der Waals surface area contributed by atoms with Crippen LogP contribution in [0.3, 0.4) is 0 Å². The lowest BCUT2D eigenvalue weighted by molar-refractivity contribution is -0.359. The first-order chi connectivity index (χ1) is 41.1. The Morgan fingerprint density at radius 3 is 1.30 bits per heavy atom. The summed E-state index contributed by atoms with van der Waals surface area (Å²) in [5, 5.41) is 87.0. The topological polar surface area (TPSA) is 228 Å². The summed E-state index contributed by atoms with van der Waals surface area (Å²) in [4.78, 5) is 13.3. The Morgan fingerprint density at radius 1 is 0.440 bits per heavy atom. The average Bonchev–Trinajstić information content (AvgIpc) is 3.59. The van der Waals surface area contributed by atoms with E-state index in [1.165, 1.54) is 148 Å². The van der Waals surface area contributed by atoms with Gasteiger partial charge in [-0.25, -0.2) is 0 Å². The van der Waals surface area contributed by atoms with Crippen molar-refractivity contribution >= 4 is 5.91 Å². The monoisotopic (exact) mass is 1190 g/mol. The van der Waals surface area contributed by atoms with E-state index in [0.717, 1.165) is 77.0 Å². The molecule has 0 bridgehead atoms. The van der Waals surface area contributed by atoms with E-state index in [4.69, 9.17) is 18.9 Å². The summed E-state index contributed by atoms with van der Waals surface area (Å²) >= 11 is 0. The maximum absolute atomic E-state index is 13.3. The number of ether oxygens (including phenoxy) is 4. The van der Waals surface area contributed by atoms with E-state index in [9.17, 15) is 45.6 Å². The quantitative estimate of drug-likeness (QED) is 0.0204. The Morgan fingerprint density at radius 2 is 0.833 bits per heavy atom. The Hall–Kier alpha value is -2.83. The summed E-state index contributed by atoms with van der Waals surface area (Å²) in [5.41, 5.74) is 0. The number of unbranched alkanes of at least 4 members (excludes halogenated alkanes) is 29. The normalized spacial score (nSPS) is 24.2. The van der Waals surface area contributed by atoms with Gasteiger partial charge >= 0.3 is 0 Å². The van der Waals surface area contributed by atoms with Crippen molar-refractivity contribution < 1.29 is 64.6 Å². The van der Waals surface area contributed by atoms with Gasteiger partial charge in [-0.15, -0.1) is 0 Å². The lowest BCUT2D eigenvalue weighted by atomic mass is 9.97. The van der Waals surface area contributed by atoms with Crippen molar-refractivity contribution in [2.45, 2.75) is 331 Å². The summed E-state index contributed by atoms with van der Waals surface area (Å²) in [7, 11) is 0. The minimum absolute atomic E-state index is 0.253. The van der Waals surface area contributed by atoms with E-state index < -0.39 is 86.8 Å². The third-order valence-electron chi connectivity index (χ3n) is 16.0. The molecule has 12 unspecified atom stereocenters. The zero-order chi connectivity index (χ0) is 60.9. The summed E-state index contributed by atoms with van der Waals surface area (Å²) < 4.78 is 22.7. The van der Waals surface area contributed by atoms with Crippen LogP contribution in [0.15, 0.2) is 85.1 Å². The molecule has 0 aromatic rings. The maximum atomic E-state index is 13.3. The molecule has 0 saturated carbocycles. The highest BCUT2D eigenvalue weighted by atomic mass is 16.7. The molecule has 12 atom stereocenters. The molecular weight excluding hydrogens is 1060 g/mol. The highest BCUT2D eigenvalue weighted by Crippen LogP contribution is 2.30. The van der Waals surface area contributed by atoms with Crippen LogP contribution in [0.4, 0.5) is 0 Å². The Kier molecular flexibility index (Phi) is 50.0. The number of aliphatic hydroxyl groups is 8. The summed E-state index contributed by atoms with van der Waals surface area (Å²) in [6, 6.07) is -0.938. The first kappa shape index (κ1) is 77.3. The number of rotatable bonds is 54. The molecule has 84 heavy (non-hydrogen) atoms. The molecule has 1 amide bonds. The zero-order valence-electron chi connectivity index (χ0n) is 52.6. The van der Waals surface area contributed by atoms with Gasteiger partial charge in [-0.3, -0.25) is 4.79 Å². The van der Waals surface area contributed by atoms with Crippen LogP contribution in [-0.2, 0) is 23.7 Å². The first-order valence-corrected chi connectivity index (χ1v) is 33.8. The SMILES string of the molecule is CC/C=C\C/C=C\C/C=C\C/C=C\CCCCCCCCCCCCCCCCCCCCCCCCCCCCC(=O)NC(COC1OC(CO)C(OC2OC(CO)C(O)C(O)C2O)C(O)C1O)C(O)/C=C/CC/C=C/CC/C=C/CCC. The second-order valence-corrected chi connectivity index (χ2v) is 23.5. The molecule has 0 aliphatic carbocycles. The van der Waals surface area contributed by atoms with Gasteiger partial charge in [0.25, 0.3) is 0 Å². The Balaban J connectivity index is 1.54. The number of hydrogen-bond acceptors (Lipinski definition) is 13. The smallest absolute Gasteiger partial charge is 0.220 e. The molecule has 14 nitrogen and oxygen atoms in total. The van der Waals surface area contributed by atoms with E-state index in [1.807, 2.05) is 6.08 Å². The third kappa shape index (κ3) is 38.4. The molecule has 486 valence electrons. The molecule has 2 aliphatic heterocycles. The highest BCUT2D eigenvalue weighted by Gasteiger charge is 2.51. The molecule has 2 heterocycles. The molecule has 14 heteroatoms. The Labute approximate surface area is 510 Å². The lowest BCUT2D eigenvalue weighted by Crippen LogP contribution is -2.65. The predicted molar refractivity (Wildman–Crippen MR) is 341 cm³/mol. The minimum Gasteiger partial charge on any atom is -0.394 e. The standard InChI is InChI=1S/C70H123NO13/c1-3-5-7-9-11-13-15-16-17-18-19-20-21-22-23-24-25-26-27-28-29-30-31-32-33-34-35-36-37-38-39-40-41-42-44-46-48-50-52-54-62(75)71-58(59(74)53-51-49-47-45-43-14-12-10-8-6-4-2)57-81-69-67(80)65(78)68(61(56-73)83-69)84-70-66(79)64(77)63(76)60(55-72)82-70/h5,7-8,10-11,13,16-17,19-20,43,45,51,53,58-61,63-70,72-74,76-80H,3-4,6,9,12,14-15,18,21-42,44,46-50,52,54-57H2,1-2H3,(H,71,75)/b7-5-,10-8+,13-11-,17-16-,20-19-,45-43+,53-51+. The Bertz CT molecular complexity index is 1730. The second kappa shape index (κ2) is 54.3. The zero-order valence-corrected chi connectivity index (χ0v) is 52.6. The van der Waals surface area contributed by atoms with Crippen LogP contribution in [0.5, 0.6) is 0 Å². The fourth-order valence-electron chi connectivity index (χ4n) is 10.7. The molecular formula is C70H123NO13. The van der Waals surface area contributed by atoms with Crippen molar-refractivity contribution in [1.82, 2.24) is 5.32 Å². The number of carbonyl (C=O) groups excluding carboxylic acids is 1. The van der Waals surface area contributed by atoms with Crippen LogP contribution in [-0.4, -0.2) is 140 Å². The van der Waals surface area contributed by atoms with Gasteiger partial charge in [-0.2, -0.15) is 0 Å². The number of amides is 1. The van der Waals surface area contributed by atoms with Crippen LogP contribution < -0.4 is 5.32 Å². The van der Waals surface area contributed by atoms with Crippen LogP contribution in [0.1, 0.15) is 258 Å². The van der Waals surface area contributed by atoms with Gasteiger partial charge in [0.2, 0.25) is 5.91 Å². The average molecular weight is 1190 g/mol. The number of nitrogens with one attached hydrogen (secondary N) is 1. The van der Waals surface area contributed by atoms with E-state index in [1.54, 1.807) is 6.08 Å². The summed E-state index contributed by atoms with van der Waals surface area (Å²) in [5.74, 6) is -0.253. The maximum Gasteiger partial charge on any atom is 0.220 e. The fourth-order valence-corrected chi connectivity index (χ4v) is 10.7. The number of carbonyl (C=O) groups is 1. The molecule has 9 N–H and O–H groups in total. The molecule has 0 radical (unpaired) electrons. The minimum atomic E-state index is -1.79. The van der Waals surface area contributed by atoms with Crippen LogP contribution in [0.2, 0.25) is 0 Å². The van der Waals surface area contributed by atoms with E-state index in [0.29, 0.717) is 12.8 Å². The number of aliphatic hydroxyl groups excluding tert-OH is 8. The largest absolute Gasteiger partial charge is 0.394 e. The van der Waals surface area contributed by atoms with Gasteiger partial charge in [0.1, 0.15) is 48.8 Å². The van der Waals surface area contributed by atoms with Gasteiger partial charge in [0.15, 0.2) is 12.6 Å². The third-order valence-corrected chi connectivity index (χ3v) is 16.0. The molecule has 0 aromatic heterocycles. The van der Waals surface area contributed by atoms with Gasteiger partial charge in [0, 0.05) is 6.42 Å².